The van der Waals surface area contributed by atoms with E-state index in [0.29, 0.717) is 46.9 Å². The number of imidazole rings is 1. The summed E-state index contributed by atoms with van der Waals surface area (Å²) in [6, 6.07) is 11.0. The van der Waals surface area contributed by atoms with Crippen LogP contribution in [-0.4, -0.2) is 40.1 Å². The Labute approximate surface area is 187 Å². The highest BCUT2D eigenvalue weighted by Crippen LogP contribution is 2.20. The summed E-state index contributed by atoms with van der Waals surface area (Å²) < 4.78 is 4.87. The van der Waals surface area contributed by atoms with E-state index in [1.54, 1.807) is 33.6 Å². The average molecular weight is 450 g/mol. The van der Waals surface area contributed by atoms with E-state index in [1.807, 2.05) is 35.2 Å². The number of nitrogens with zero attached hydrogens (tertiary/aromatic N) is 8. The number of aromatic nitrogens is 7. The molecule has 0 bridgehead atoms. The first-order valence-corrected chi connectivity index (χ1v) is 10.5. The minimum Gasteiger partial charge on any atom is -0.368 e. The maximum atomic E-state index is 13.5. The predicted octanol–water partition coefficient (Wildman–Crippen LogP) is 2.58. The van der Waals surface area contributed by atoms with E-state index in [1.165, 1.54) is 4.52 Å². The molecule has 4 heterocycles. The van der Waals surface area contributed by atoms with Crippen LogP contribution < -0.4 is 16.2 Å². The second-order valence-corrected chi connectivity index (χ2v) is 7.66. The van der Waals surface area contributed by atoms with Crippen molar-refractivity contribution in [2.24, 2.45) is 0 Å². The van der Waals surface area contributed by atoms with Crippen LogP contribution in [0.4, 0.5) is 11.9 Å². The lowest BCUT2D eigenvalue weighted by molar-refractivity contribution is 0.655. The summed E-state index contributed by atoms with van der Waals surface area (Å²) in [6.45, 7) is 3.02. The summed E-state index contributed by atoms with van der Waals surface area (Å²) in [4.78, 5) is 28.3. The Balaban J connectivity index is 1.71. The standard InChI is InChI=1S/C21H20ClN9O/c1-2-10-28(21-26-19(23)25-20-24-9-12-29(20)21)13-16-27-30-11-8-15(22)17(30)18(32)31(16)14-6-4-3-5-7-14/h3-9,11-12H,2,10,13H2,1H3,(H2,23,24,25). The Kier molecular flexibility index (Phi) is 4.98. The lowest BCUT2D eigenvalue weighted by Crippen LogP contribution is -2.33. The van der Waals surface area contributed by atoms with Crippen LogP contribution in [0.3, 0.4) is 0 Å². The second kappa shape index (κ2) is 7.97. The van der Waals surface area contributed by atoms with Crippen molar-refractivity contribution in [1.29, 1.82) is 0 Å². The van der Waals surface area contributed by atoms with E-state index in [-0.39, 0.29) is 11.5 Å². The molecule has 0 unspecified atom stereocenters. The van der Waals surface area contributed by atoms with Gasteiger partial charge in [0.2, 0.25) is 17.7 Å². The van der Waals surface area contributed by atoms with Crippen LogP contribution in [0.2, 0.25) is 5.02 Å². The quantitative estimate of drug-likeness (QED) is 0.424. The monoisotopic (exact) mass is 449 g/mol. The third-order valence-electron chi connectivity index (χ3n) is 5.09. The Morgan fingerprint density at radius 1 is 1.12 bits per heavy atom. The van der Waals surface area contributed by atoms with Gasteiger partial charge in [-0.15, -0.1) is 0 Å². The van der Waals surface area contributed by atoms with Gasteiger partial charge in [-0.25, -0.2) is 9.50 Å². The van der Waals surface area contributed by atoms with E-state index in [9.17, 15) is 4.79 Å². The van der Waals surface area contributed by atoms with E-state index >= 15 is 0 Å². The second-order valence-electron chi connectivity index (χ2n) is 7.25. The Hall–Kier alpha value is -3.92. The normalized spacial score (nSPS) is 11.4. The molecule has 0 fully saturated rings. The van der Waals surface area contributed by atoms with E-state index in [2.05, 4.69) is 21.9 Å². The zero-order valence-electron chi connectivity index (χ0n) is 17.3. The van der Waals surface area contributed by atoms with Gasteiger partial charge in [0, 0.05) is 25.1 Å². The first-order chi connectivity index (χ1) is 15.6. The van der Waals surface area contributed by atoms with Crippen LogP contribution in [0.5, 0.6) is 0 Å². The zero-order valence-corrected chi connectivity index (χ0v) is 18.0. The maximum Gasteiger partial charge on any atom is 0.284 e. The molecule has 2 N–H and O–H groups in total. The first kappa shape index (κ1) is 20.0. The molecule has 0 aliphatic carbocycles. The Morgan fingerprint density at radius 3 is 2.72 bits per heavy atom. The van der Waals surface area contributed by atoms with Crippen LogP contribution in [0.15, 0.2) is 59.8 Å². The molecule has 11 heteroatoms. The zero-order chi connectivity index (χ0) is 22.2. The Bertz CT molecular complexity index is 1470. The van der Waals surface area contributed by atoms with Crippen molar-refractivity contribution in [3.63, 3.8) is 0 Å². The third kappa shape index (κ3) is 3.34. The molecule has 0 amide bonds. The summed E-state index contributed by atoms with van der Waals surface area (Å²) in [5, 5.41) is 5.08. The van der Waals surface area contributed by atoms with Crippen molar-refractivity contribution in [3.05, 3.63) is 76.2 Å². The molecule has 0 aliphatic heterocycles. The predicted molar refractivity (Wildman–Crippen MR) is 122 cm³/mol. The number of benzene rings is 1. The third-order valence-corrected chi connectivity index (χ3v) is 5.40. The highest BCUT2D eigenvalue weighted by atomic mass is 35.5. The molecule has 32 heavy (non-hydrogen) atoms. The first-order valence-electron chi connectivity index (χ1n) is 10.1. The minimum absolute atomic E-state index is 0.126. The van der Waals surface area contributed by atoms with Gasteiger partial charge in [0.15, 0.2) is 5.82 Å². The number of nitrogens with two attached hydrogens (primary N) is 1. The molecule has 10 nitrogen and oxygen atoms in total. The van der Waals surface area contributed by atoms with Gasteiger partial charge in [-0.1, -0.05) is 36.7 Å². The van der Waals surface area contributed by atoms with Gasteiger partial charge in [0.1, 0.15) is 5.52 Å². The van der Waals surface area contributed by atoms with Crippen molar-refractivity contribution < 1.29 is 0 Å². The molecule has 0 saturated carbocycles. The largest absolute Gasteiger partial charge is 0.368 e. The van der Waals surface area contributed by atoms with E-state index in [4.69, 9.17) is 22.4 Å². The molecule has 0 atom stereocenters. The summed E-state index contributed by atoms with van der Waals surface area (Å²) in [5.74, 6) is 1.68. The van der Waals surface area contributed by atoms with Gasteiger partial charge in [-0.2, -0.15) is 15.1 Å². The van der Waals surface area contributed by atoms with Crippen LogP contribution in [0.1, 0.15) is 19.2 Å². The number of hydrogen-bond acceptors (Lipinski definition) is 7. The molecule has 0 spiro atoms. The van der Waals surface area contributed by atoms with Gasteiger partial charge in [0.25, 0.3) is 5.56 Å². The molecule has 5 rings (SSSR count). The summed E-state index contributed by atoms with van der Waals surface area (Å²) >= 11 is 6.29. The molecule has 0 radical (unpaired) electrons. The average Bonchev–Trinajstić information content (AvgIpc) is 3.40. The maximum absolute atomic E-state index is 13.5. The number of anilines is 2. The van der Waals surface area contributed by atoms with E-state index in [0.717, 1.165) is 6.42 Å². The minimum atomic E-state index is -0.248. The van der Waals surface area contributed by atoms with Crippen LogP contribution >= 0.6 is 11.6 Å². The van der Waals surface area contributed by atoms with Crippen molar-refractivity contribution in [2.75, 3.05) is 17.2 Å². The van der Waals surface area contributed by atoms with Crippen LogP contribution in [-0.2, 0) is 6.54 Å². The number of rotatable bonds is 6. The fourth-order valence-electron chi connectivity index (χ4n) is 3.75. The molecule has 4 aromatic heterocycles. The smallest absolute Gasteiger partial charge is 0.284 e. The molecule has 0 aliphatic rings. The molecule has 162 valence electrons. The molecular weight excluding hydrogens is 430 g/mol. The number of para-hydroxylation sites is 1. The van der Waals surface area contributed by atoms with Crippen LogP contribution in [0.25, 0.3) is 17.0 Å². The van der Waals surface area contributed by atoms with Gasteiger partial charge in [0.05, 0.1) is 17.3 Å². The summed E-state index contributed by atoms with van der Waals surface area (Å²) in [6.07, 6.45) is 5.94. The molecule has 5 aromatic rings. The lowest BCUT2D eigenvalue weighted by Gasteiger charge is -2.25. The number of nitrogen functional groups attached to an aromatic ring is 1. The number of fused-ring (bicyclic) bond motifs is 2. The summed E-state index contributed by atoms with van der Waals surface area (Å²) in [7, 11) is 0. The number of halogens is 1. The van der Waals surface area contributed by atoms with Crippen molar-refractivity contribution in [3.8, 4) is 5.69 Å². The lowest BCUT2D eigenvalue weighted by atomic mass is 10.3. The van der Waals surface area contributed by atoms with E-state index < -0.39 is 0 Å². The van der Waals surface area contributed by atoms with Crippen molar-refractivity contribution in [2.45, 2.75) is 19.9 Å². The van der Waals surface area contributed by atoms with Gasteiger partial charge in [-0.3, -0.25) is 13.8 Å². The van der Waals surface area contributed by atoms with Crippen LogP contribution in [0, 0.1) is 0 Å². The molecule has 0 saturated heterocycles. The fourth-order valence-corrected chi connectivity index (χ4v) is 3.98. The molecule has 1 aromatic carbocycles. The summed E-state index contributed by atoms with van der Waals surface area (Å²) in [5.41, 5.74) is 6.72. The molecular formula is C21H20ClN9O. The highest BCUT2D eigenvalue weighted by molar-refractivity contribution is 6.33. The van der Waals surface area contributed by atoms with Gasteiger partial charge >= 0.3 is 0 Å². The van der Waals surface area contributed by atoms with Crippen molar-refractivity contribution >= 4 is 34.8 Å². The topological polar surface area (TPSA) is 112 Å². The highest BCUT2D eigenvalue weighted by Gasteiger charge is 2.20. The number of hydrogen-bond donors (Lipinski definition) is 1. The fraction of sp³-hybridized carbons (Fsp3) is 0.190. The van der Waals surface area contributed by atoms with Gasteiger partial charge in [-0.05, 0) is 24.6 Å². The Morgan fingerprint density at radius 2 is 1.94 bits per heavy atom. The SMILES string of the molecule is CCCN(Cc1nn2ccc(Cl)c2c(=O)n1-c1ccccc1)c1nc(N)nc2nccn12. The van der Waals surface area contributed by atoms with Crippen molar-refractivity contribution in [1.82, 2.24) is 33.5 Å². The van der Waals surface area contributed by atoms with Gasteiger partial charge < -0.3 is 10.6 Å².